The van der Waals surface area contributed by atoms with Crippen molar-refractivity contribution in [3.8, 4) is 0 Å². The van der Waals surface area contributed by atoms with Crippen molar-refractivity contribution < 1.29 is 14.3 Å². The first-order valence-corrected chi connectivity index (χ1v) is 11.7. The van der Waals surface area contributed by atoms with Crippen molar-refractivity contribution in [2.75, 3.05) is 26.9 Å². The van der Waals surface area contributed by atoms with Crippen molar-refractivity contribution in [1.82, 2.24) is 5.32 Å². The highest BCUT2D eigenvalue weighted by Gasteiger charge is 1.97. The number of amides is 1. The largest absolute Gasteiger partial charge is 0.449 e. The zero-order valence-electron chi connectivity index (χ0n) is 18.4. The van der Waals surface area contributed by atoms with Crippen LogP contribution in [-0.2, 0) is 9.47 Å². The summed E-state index contributed by atoms with van der Waals surface area (Å²) in [4.78, 5) is 10.8. The van der Waals surface area contributed by atoms with Crippen molar-refractivity contribution in [2.24, 2.45) is 0 Å². The van der Waals surface area contributed by atoms with Gasteiger partial charge in [0, 0.05) is 26.7 Å². The SMILES string of the molecule is CCCCCCCCCCCCCCCCCCOCCCOC(=O)NC. The first kappa shape index (κ1) is 26.2. The molecule has 4 nitrogen and oxygen atoms in total. The Kier molecular flexibility index (Phi) is 22.6. The Morgan fingerprint density at radius 1 is 0.593 bits per heavy atom. The second kappa shape index (κ2) is 23.3. The van der Waals surface area contributed by atoms with Gasteiger partial charge in [-0.1, -0.05) is 103 Å². The summed E-state index contributed by atoms with van der Waals surface area (Å²) in [5.41, 5.74) is 0. The molecule has 0 aliphatic rings. The van der Waals surface area contributed by atoms with Crippen LogP contribution in [-0.4, -0.2) is 33.0 Å². The molecule has 0 aliphatic heterocycles. The van der Waals surface area contributed by atoms with Crippen molar-refractivity contribution >= 4 is 6.09 Å². The van der Waals surface area contributed by atoms with Gasteiger partial charge in [0.1, 0.15) is 0 Å². The molecule has 162 valence electrons. The fourth-order valence-electron chi connectivity index (χ4n) is 3.25. The third kappa shape index (κ3) is 23.2. The van der Waals surface area contributed by atoms with Crippen molar-refractivity contribution in [3.05, 3.63) is 0 Å². The van der Waals surface area contributed by atoms with Gasteiger partial charge in [-0.2, -0.15) is 0 Å². The molecule has 4 heteroatoms. The molecule has 0 spiro atoms. The van der Waals surface area contributed by atoms with E-state index >= 15 is 0 Å². The average molecular weight is 386 g/mol. The van der Waals surface area contributed by atoms with Crippen LogP contribution in [0.3, 0.4) is 0 Å². The van der Waals surface area contributed by atoms with Crippen molar-refractivity contribution in [3.63, 3.8) is 0 Å². The van der Waals surface area contributed by atoms with E-state index in [0.717, 1.165) is 19.4 Å². The van der Waals surface area contributed by atoms with E-state index in [1.165, 1.54) is 96.3 Å². The van der Waals surface area contributed by atoms with E-state index in [4.69, 9.17) is 9.47 Å². The van der Waals surface area contributed by atoms with E-state index in [9.17, 15) is 4.79 Å². The summed E-state index contributed by atoms with van der Waals surface area (Å²) in [6.07, 6.45) is 22.7. The van der Waals surface area contributed by atoms with Crippen LogP contribution in [0.1, 0.15) is 116 Å². The van der Waals surface area contributed by atoms with Gasteiger partial charge in [-0.3, -0.25) is 0 Å². The lowest BCUT2D eigenvalue weighted by Gasteiger charge is -2.06. The minimum absolute atomic E-state index is 0.368. The highest BCUT2D eigenvalue weighted by Crippen LogP contribution is 2.13. The molecule has 1 N–H and O–H groups in total. The number of hydrogen-bond donors (Lipinski definition) is 1. The van der Waals surface area contributed by atoms with Crippen molar-refractivity contribution in [1.29, 1.82) is 0 Å². The number of carbonyl (C=O) groups is 1. The number of nitrogens with one attached hydrogen (secondary N) is 1. The maximum Gasteiger partial charge on any atom is 0.406 e. The van der Waals surface area contributed by atoms with Gasteiger partial charge < -0.3 is 14.8 Å². The highest BCUT2D eigenvalue weighted by atomic mass is 16.5. The fourth-order valence-corrected chi connectivity index (χ4v) is 3.25. The molecule has 0 fully saturated rings. The van der Waals surface area contributed by atoms with Gasteiger partial charge in [0.05, 0.1) is 6.61 Å². The van der Waals surface area contributed by atoms with Crippen LogP contribution < -0.4 is 5.32 Å². The molecule has 0 saturated carbocycles. The summed E-state index contributed by atoms with van der Waals surface area (Å²) in [5, 5.41) is 2.43. The first-order chi connectivity index (χ1) is 13.3. The van der Waals surface area contributed by atoms with Crippen LogP contribution in [0.5, 0.6) is 0 Å². The molecule has 0 aliphatic carbocycles. The minimum Gasteiger partial charge on any atom is -0.449 e. The van der Waals surface area contributed by atoms with Gasteiger partial charge >= 0.3 is 6.09 Å². The zero-order chi connectivity index (χ0) is 19.8. The fraction of sp³-hybridized carbons (Fsp3) is 0.957. The molecule has 0 aromatic carbocycles. The van der Waals surface area contributed by atoms with Gasteiger partial charge in [-0.05, 0) is 6.42 Å². The Hall–Kier alpha value is -0.770. The number of alkyl carbamates (subject to hydrolysis) is 1. The molecule has 0 rings (SSSR count). The number of carbonyl (C=O) groups excluding carboxylic acids is 1. The number of hydrogen-bond acceptors (Lipinski definition) is 3. The van der Waals surface area contributed by atoms with E-state index in [2.05, 4.69) is 12.2 Å². The zero-order valence-corrected chi connectivity index (χ0v) is 18.4. The van der Waals surface area contributed by atoms with Gasteiger partial charge in [-0.25, -0.2) is 4.79 Å². The highest BCUT2D eigenvalue weighted by molar-refractivity contribution is 5.66. The lowest BCUT2D eigenvalue weighted by atomic mass is 10.0. The molecule has 1 amide bonds. The van der Waals surface area contributed by atoms with Crippen LogP contribution in [0.25, 0.3) is 0 Å². The maximum atomic E-state index is 10.8. The second-order valence-corrected chi connectivity index (χ2v) is 7.66. The molecule has 0 unspecified atom stereocenters. The summed E-state index contributed by atoms with van der Waals surface area (Å²) < 4.78 is 10.5. The predicted molar refractivity (Wildman–Crippen MR) is 115 cm³/mol. The van der Waals surface area contributed by atoms with Crippen LogP contribution in [0.15, 0.2) is 0 Å². The van der Waals surface area contributed by atoms with Crippen LogP contribution in [0.2, 0.25) is 0 Å². The van der Waals surface area contributed by atoms with Gasteiger partial charge in [0.2, 0.25) is 0 Å². The molecular weight excluding hydrogens is 338 g/mol. The van der Waals surface area contributed by atoms with E-state index in [-0.39, 0.29) is 6.09 Å². The average Bonchev–Trinajstić information content (AvgIpc) is 2.68. The Morgan fingerprint density at radius 3 is 1.44 bits per heavy atom. The first-order valence-electron chi connectivity index (χ1n) is 11.7. The number of rotatable bonds is 21. The topological polar surface area (TPSA) is 47.6 Å². The second-order valence-electron chi connectivity index (χ2n) is 7.66. The predicted octanol–water partition coefficient (Wildman–Crippen LogP) is 7.01. The van der Waals surface area contributed by atoms with Crippen molar-refractivity contribution in [2.45, 2.75) is 116 Å². The quantitative estimate of drug-likeness (QED) is 0.216. The molecule has 0 atom stereocenters. The monoisotopic (exact) mass is 385 g/mol. The molecule has 0 bridgehead atoms. The Bertz CT molecular complexity index is 297. The Balaban J connectivity index is 3.00. The molecule has 0 aromatic rings. The van der Waals surface area contributed by atoms with Gasteiger partial charge in [0.15, 0.2) is 0 Å². The molecule has 0 aromatic heterocycles. The van der Waals surface area contributed by atoms with Crippen LogP contribution in [0.4, 0.5) is 4.79 Å². The maximum absolute atomic E-state index is 10.8. The standard InChI is InChI=1S/C23H47NO3/c1-3-4-5-6-7-8-9-10-11-12-13-14-15-16-17-18-20-26-21-19-22-27-23(25)24-2/h3-22H2,1-2H3,(H,24,25). The summed E-state index contributed by atoms with van der Waals surface area (Å²) in [5.74, 6) is 0. The molecule has 0 saturated heterocycles. The minimum atomic E-state index is -0.368. The Morgan fingerprint density at radius 2 is 1.00 bits per heavy atom. The van der Waals surface area contributed by atoms with Gasteiger partial charge in [-0.15, -0.1) is 0 Å². The normalized spacial score (nSPS) is 10.9. The summed E-state index contributed by atoms with van der Waals surface area (Å²) in [7, 11) is 1.57. The lowest BCUT2D eigenvalue weighted by Crippen LogP contribution is -2.20. The molecular formula is C23H47NO3. The van der Waals surface area contributed by atoms with Crippen LogP contribution in [0, 0.1) is 0 Å². The number of ether oxygens (including phenoxy) is 2. The van der Waals surface area contributed by atoms with E-state index in [1.54, 1.807) is 7.05 Å². The third-order valence-corrected chi connectivity index (χ3v) is 5.01. The Labute approximate surface area is 169 Å². The summed E-state index contributed by atoms with van der Waals surface area (Å²) >= 11 is 0. The smallest absolute Gasteiger partial charge is 0.406 e. The summed E-state index contributed by atoms with van der Waals surface area (Å²) in [6.45, 7) is 4.22. The summed E-state index contributed by atoms with van der Waals surface area (Å²) in [6, 6.07) is 0. The number of unbranched alkanes of at least 4 members (excludes halogenated alkanes) is 15. The molecule has 27 heavy (non-hydrogen) atoms. The lowest BCUT2D eigenvalue weighted by molar-refractivity contribution is 0.0992. The third-order valence-electron chi connectivity index (χ3n) is 5.01. The van der Waals surface area contributed by atoms with E-state index < -0.39 is 0 Å². The molecule has 0 radical (unpaired) electrons. The van der Waals surface area contributed by atoms with E-state index in [0.29, 0.717) is 13.2 Å². The molecule has 0 heterocycles. The van der Waals surface area contributed by atoms with Gasteiger partial charge in [0.25, 0.3) is 0 Å². The van der Waals surface area contributed by atoms with E-state index in [1.807, 2.05) is 0 Å². The van der Waals surface area contributed by atoms with Crippen LogP contribution >= 0.6 is 0 Å².